The molecule has 29 heavy (non-hydrogen) atoms. The van der Waals surface area contributed by atoms with E-state index in [1.54, 1.807) is 42.5 Å². The molecule has 6 heteroatoms. The van der Waals surface area contributed by atoms with E-state index in [4.69, 9.17) is 20.8 Å². The first-order chi connectivity index (χ1) is 13.9. The van der Waals surface area contributed by atoms with Crippen LogP contribution in [0.1, 0.15) is 11.1 Å². The van der Waals surface area contributed by atoms with Crippen LogP contribution in [-0.4, -0.2) is 12.5 Å². The van der Waals surface area contributed by atoms with Crippen LogP contribution in [0.25, 0.3) is 21.9 Å². The maximum Gasteiger partial charge on any atom is 0.262 e. The van der Waals surface area contributed by atoms with E-state index in [1.807, 2.05) is 26.0 Å². The van der Waals surface area contributed by atoms with Crippen LogP contribution in [0.3, 0.4) is 0 Å². The number of hydrogen-bond donors (Lipinski definition) is 1. The molecule has 0 radical (unpaired) electrons. The number of benzene rings is 3. The van der Waals surface area contributed by atoms with E-state index in [0.29, 0.717) is 38.4 Å². The molecule has 1 heterocycles. The second-order valence-corrected chi connectivity index (χ2v) is 7.30. The molecule has 4 aromatic rings. The van der Waals surface area contributed by atoms with Gasteiger partial charge in [-0.25, -0.2) is 0 Å². The Hall–Kier alpha value is -3.31. The Morgan fingerprint density at radius 1 is 0.966 bits per heavy atom. The SMILES string of the molecule is Cc1cc2oc3cc(NC(=O)COc4ccc(Cl)cc4)ccc3c(=O)c2cc1C. The number of halogens is 1. The van der Waals surface area contributed by atoms with Gasteiger partial charge in [-0.3, -0.25) is 9.59 Å². The summed E-state index contributed by atoms with van der Waals surface area (Å²) in [6.07, 6.45) is 0. The van der Waals surface area contributed by atoms with Crippen LogP contribution < -0.4 is 15.5 Å². The second kappa shape index (κ2) is 7.60. The third kappa shape index (κ3) is 3.96. The Morgan fingerprint density at radius 3 is 2.41 bits per heavy atom. The lowest BCUT2D eigenvalue weighted by molar-refractivity contribution is -0.118. The molecular weight excluding hydrogens is 390 g/mol. The molecule has 0 bridgehead atoms. The van der Waals surface area contributed by atoms with Gasteiger partial charge in [-0.2, -0.15) is 0 Å². The maximum absolute atomic E-state index is 12.8. The van der Waals surface area contributed by atoms with Gasteiger partial charge >= 0.3 is 0 Å². The molecule has 1 N–H and O–H groups in total. The number of nitrogens with one attached hydrogen (secondary N) is 1. The van der Waals surface area contributed by atoms with E-state index in [2.05, 4.69) is 5.32 Å². The van der Waals surface area contributed by atoms with Crippen molar-refractivity contribution in [2.24, 2.45) is 0 Å². The highest BCUT2D eigenvalue weighted by Crippen LogP contribution is 2.24. The van der Waals surface area contributed by atoms with Gasteiger partial charge in [-0.15, -0.1) is 0 Å². The number of fused-ring (bicyclic) bond motifs is 2. The number of amides is 1. The fourth-order valence-electron chi connectivity index (χ4n) is 3.06. The molecule has 0 aliphatic rings. The summed E-state index contributed by atoms with van der Waals surface area (Å²) >= 11 is 5.83. The zero-order valence-electron chi connectivity index (χ0n) is 15.9. The molecule has 4 rings (SSSR count). The van der Waals surface area contributed by atoms with Crippen LogP contribution in [0.5, 0.6) is 5.75 Å². The van der Waals surface area contributed by atoms with E-state index >= 15 is 0 Å². The molecule has 0 aliphatic carbocycles. The van der Waals surface area contributed by atoms with Crippen LogP contribution in [0, 0.1) is 13.8 Å². The lowest BCUT2D eigenvalue weighted by atomic mass is 10.1. The van der Waals surface area contributed by atoms with Gasteiger partial charge in [-0.1, -0.05) is 11.6 Å². The molecule has 0 unspecified atom stereocenters. The van der Waals surface area contributed by atoms with Gasteiger partial charge in [0.05, 0.1) is 10.8 Å². The minimum atomic E-state index is -0.325. The molecule has 1 amide bonds. The summed E-state index contributed by atoms with van der Waals surface area (Å²) in [5.74, 6) is 0.222. The Kier molecular flexibility index (Phi) is 4.99. The molecule has 0 spiro atoms. The predicted molar refractivity (Wildman–Crippen MR) is 115 cm³/mol. The number of ether oxygens (including phenoxy) is 1. The largest absolute Gasteiger partial charge is 0.484 e. The maximum atomic E-state index is 12.8. The van der Waals surface area contributed by atoms with Crippen molar-refractivity contribution in [2.75, 3.05) is 11.9 Å². The smallest absolute Gasteiger partial charge is 0.262 e. The van der Waals surface area contributed by atoms with Crippen molar-refractivity contribution in [1.29, 1.82) is 0 Å². The highest BCUT2D eigenvalue weighted by molar-refractivity contribution is 6.30. The zero-order valence-corrected chi connectivity index (χ0v) is 16.7. The standard InChI is InChI=1S/C23H18ClNO4/c1-13-9-19-20(10-14(13)2)29-21-11-16(5-8-18(21)23(19)27)25-22(26)12-28-17-6-3-15(24)4-7-17/h3-11H,12H2,1-2H3,(H,25,26). The molecule has 3 aromatic carbocycles. The van der Waals surface area contributed by atoms with Gasteiger partial charge < -0.3 is 14.5 Å². The third-order valence-corrected chi connectivity index (χ3v) is 5.01. The van der Waals surface area contributed by atoms with Gasteiger partial charge in [0.1, 0.15) is 16.9 Å². The number of carbonyl (C=O) groups is 1. The summed E-state index contributed by atoms with van der Waals surface area (Å²) in [4.78, 5) is 25.0. The number of rotatable bonds is 4. The van der Waals surface area contributed by atoms with Crippen LogP contribution in [0.15, 0.2) is 63.8 Å². The quantitative estimate of drug-likeness (QED) is 0.470. The molecule has 0 atom stereocenters. The minimum Gasteiger partial charge on any atom is -0.484 e. The monoisotopic (exact) mass is 407 g/mol. The molecule has 0 saturated carbocycles. The Morgan fingerprint density at radius 2 is 1.66 bits per heavy atom. The van der Waals surface area contributed by atoms with Crippen molar-refractivity contribution in [3.05, 3.63) is 81.0 Å². The van der Waals surface area contributed by atoms with Gasteiger partial charge in [0.25, 0.3) is 5.91 Å². The van der Waals surface area contributed by atoms with Crippen molar-refractivity contribution in [3.63, 3.8) is 0 Å². The van der Waals surface area contributed by atoms with E-state index in [-0.39, 0.29) is 17.9 Å². The lowest BCUT2D eigenvalue weighted by Crippen LogP contribution is -2.20. The van der Waals surface area contributed by atoms with Crippen molar-refractivity contribution >= 4 is 45.1 Å². The van der Waals surface area contributed by atoms with E-state index in [1.165, 1.54) is 0 Å². The second-order valence-electron chi connectivity index (χ2n) is 6.87. The fourth-order valence-corrected chi connectivity index (χ4v) is 3.19. The van der Waals surface area contributed by atoms with E-state index in [0.717, 1.165) is 11.1 Å². The average Bonchev–Trinajstić information content (AvgIpc) is 2.69. The first-order valence-electron chi connectivity index (χ1n) is 9.07. The Balaban J connectivity index is 1.57. The van der Waals surface area contributed by atoms with Crippen LogP contribution in [-0.2, 0) is 4.79 Å². The normalized spacial score (nSPS) is 11.0. The first kappa shape index (κ1) is 19.0. The van der Waals surface area contributed by atoms with Gasteiger partial charge in [-0.05, 0) is 73.5 Å². The number of aryl methyl sites for hydroxylation is 2. The van der Waals surface area contributed by atoms with Crippen molar-refractivity contribution in [2.45, 2.75) is 13.8 Å². The van der Waals surface area contributed by atoms with Gasteiger partial charge in [0, 0.05) is 16.8 Å². The van der Waals surface area contributed by atoms with E-state index in [9.17, 15) is 9.59 Å². The zero-order chi connectivity index (χ0) is 20.5. The molecular formula is C23H18ClNO4. The third-order valence-electron chi connectivity index (χ3n) is 4.75. The number of hydrogen-bond acceptors (Lipinski definition) is 4. The average molecular weight is 408 g/mol. The lowest BCUT2D eigenvalue weighted by Gasteiger charge is -2.09. The molecule has 1 aromatic heterocycles. The molecule has 5 nitrogen and oxygen atoms in total. The fraction of sp³-hybridized carbons (Fsp3) is 0.130. The summed E-state index contributed by atoms with van der Waals surface area (Å²) < 4.78 is 11.4. The van der Waals surface area contributed by atoms with Crippen LogP contribution >= 0.6 is 11.6 Å². The number of anilines is 1. The van der Waals surface area contributed by atoms with Crippen molar-refractivity contribution in [3.8, 4) is 5.75 Å². The summed E-state index contributed by atoms with van der Waals surface area (Å²) in [7, 11) is 0. The molecule has 146 valence electrons. The topological polar surface area (TPSA) is 68.5 Å². The Bertz CT molecular complexity index is 1290. The summed E-state index contributed by atoms with van der Waals surface area (Å²) in [5, 5.41) is 4.36. The number of carbonyl (C=O) groups excluding carboxylic acids is 1. The van der Waals surface area contributed by atoms with Gasteiger partial charge in [0.15, 0.2) is 6.61 Å². The Labute approximate surface area is 171 Å². The first-order valence-corrected chi connectivity index (χ1v) is 9.44. The predicted octanol–water partition coefficient (Wildman–Crippen LogP) is 5.23. The van der Waals surface area contributed by atoms with E-state index < -0.39 is 0 Å². The molecule has 0 aliphatic heterocycles. The molecule has 0 saturated heterocycles. The molecule has 0 fully saturated rings. The summed E-state index contributed by atoms with van der Waals surface area (Å²) in [6.45, 7) is 3.78. The highest BCUT2D eigenvalue weighted by atomic mass is 35.5. The van der Waals surface area contributed by atoms with Crippen LogP contribution in [0.4, 0.5) is 5.69 Å². The minimum absolute atomic E-state index is 0.0895. The van der Waals surface area contributed by atoms with Gasteiger partial charge in [0.2, 0.25) is 5.43 Å². The highest BCUT2D eigenvalue weighted by Gasteiger charge is 2.11. The van der Waals surface area contributed by atoms with Crippen molar-refractivity contribution in [1.82, 2.24) is 0 Å². The summed E-state index contributed by atoms with van der Waals surface area (Å²) in [6, 6.07) is 15.4. The van der Waals surface area contributed by atoms with Crippen molar-refractivity contribution < 1.29 is 13.9 Å². The van der Waals surface area contributed by atoms with Crippen LogP contribution in [0.2, 0.25) is 5.02 Å². The summed E-state index contributed by atoms with van der Waals surface area (Å²) in [5.41, 5.74) is 3.46.